The molecule has 44 heavy (non-hydrogen) atoms. The van der Waals surface area contributed by atoms with Gasteiger partial charge in [0.1, 0.15) is 22.7 Å². The first-order valence-corrected chi connectivity index (χ1v) is 15.8. The molecule has 1 fully saturated rings. The second-order valence-corrected chi connectivity index (χ2v) is 12.6. The Morgan fingerprint density at radius 2 is 1.70 bits per heavy atom. The van der Waals surface area contributed by atoms with Crippen molar-refractivity contribution >= 4 is 28.9 Å². The number of amides is 2. The van der Waals surface area contributed by atoms with E-state index in [4.69, 9.17) is 14.5 Å². The predicted octanol–water partition coefficient (Wildman–Crippen LogP) is 8.86. The molecule has 0 spiro atoms. The molecule has 8 nitrogen and oxygen atoms in total. The average molecular weight is 597 g/mol. The van der Waals surface area contributed by atoms with Gasteiger partial charge in [0.25, 0.3) is 0 Å². The Bertz CT molecular complexity index is 1580. The number of urea groups is 1. The number of carbonyl (C=O) groups is 2. The predicted molar refractivity (Wildman–Crippen MR) is 175 cm³/mol. The lowest BCUT2D eigenvalue weighted by Crippen LogP contribution is -2.39. The van der Waals surface area contributed by atoms with Crippen molar-refractivity contribution < 1.29 is 19.1 Å². The van der Waals surface area contributed by atoms with E-state index in [1.807, 2.05) is 63.2 Å². The van der Waals surface area contributed by atoms with Crippen LogP contribution in [0, 0.1) is 0 Å². The fourth-order valence-corrected chi connectivity index (χ4v) is 5.72. The van der Waals surface area contributed by atoms with Gasteiger partial charge in [0.05, 0.1) is 11.2 Å². The van der Waals surface area contributed by atoms with Gasteiger partial charge in [-0.2, -0.15) is 0 Å². The van der Waals surface area contributed by atoms with E-state index < -0.39 is 11.8 Å². The van der Waals surface area contributed by atoms with E-state index in [1.54, 1.807) is 6.07 Å². The van der Waals surface area contributed by atoms with Crippen molar-refractivity contribution in [3.05, 3.63) is 78.1 Å². The van der Waals surface area contributed by atoms with Crippen LogP contribution in [0.25, 0.3) is 22.2 Å². The van der Waals surface area contributed by atoms with Crippen LogP contribution in [0.1, 0.15) is 84.0 Å². The highest BCUT2D eigenvalue weighted by atomic mass is 16.7. The fourth-order valence-electron chi connectivity index (χ4n) is 5.72. The van der Waals surface area contributed by atoms with Crippen LogP contribution in [0.5, 0.6) is 5.75 Å². The van der Waals surface area contributed by atoms with E-state index >= 15 is 0 Å². The Morgan fingerprint density at radius 1 is 0.955 bits per heavy atom. The number of fused-ring (bicyclic) bond motifs is 1. The summed E-state index contributed by atoms with van der Waals surface area (Å²) < 4.78 is 13.2. The molecule has 2 N–H and O–H groups in total. The smallest absolute Gasteiger partial charge is 0.428 e. The summed E-state index contributed by atoms with van der Waals surface area (Å²) in [6, 6.07) is 21.8. The third kappa shape index (κ3) is 7.98. The van der Waals surface area contributed by atoms with Gasteiger partial charge in [0, 0.05) is 24.6 Å². The van der Waals surface area contributed by atoms with Gasteiger partial charge >= 0.3 is 12.2 Å². The van der Waals surface area contributed by atoms with Gasteiger partial charge in [-0.3, -0.25) is 0 Å². The monoisotopic (exact) mass is 596 g/mol. The van der Waals surface area contributed by atoms with Crippen LogP contribution in [-0.4, -0.2) is 33.4 Å². The summed E-state index contributed by atoms with van der Waals surface area (Å²) in [5.74, 6) is 1.45. The average Bonchev–Trinajstić information content (AvgIpc) is 3.34. The molecule has 232 valence electrons. The van der Waals surface area contributed by atoms with Crippen molar-refractivity contribution in [3.63, 3.8) is 0 Å². The lowest BCUT2D eigenvalue weighted by molar-refractivity contribution is 0.0207. The third-order valence-corrected chi connectivity index (χ3v) is 7.88. The van der Waals surface area contributed by atoms with E-state index in [1.165, 1.54) is 19.3 Å². The summed E-state index contributed by atoms with van der Waals surface area (Å²) in [4.78, 5) is 30.3. The number of hydrogen-bond donors (Lipinski definition) is 2. The van der Waals surface area contributed by atoms with Gasteiger partial charge in [0.15, 0.2) is 0 Å². The first kappa shape index (κ1) is 31.1. The normalized spacial score (nSPS) is 13.9. The van der Waals surface area contributed by atoms with Crippen LogP contribution in [0.2, 0.25) is 0 Å². The minimum atomic E-state index is -0.728. The van der Waals surface area contributed by atoms with Crippen LogP contribution >= 0.6 is 0 Å². The molecule has 0 radical (unpaired) electrons. The maximum atomic E-state index is 12.9. The molecule has 0 saturated heterocycles. The maximum Gasteiger partial charge on any atom is 0.514 e. The van der Waals surface area contributed by atoms with Gasteiger partial charge in [-0.25, -0.2) is 14.6 Å². The van der Waals surface area contributed by atoms with E-state index in [-0.39, 0.29) is 12.1 Å². The summed E-state index contributed by atoms with van der Waals surface area (Å²) in [5, 5.41) is 6.23. The van der Waals surface area contributed by atoms with E-state index in [0.717, 1.165) is 71.3 Å². The van der Waals surface area contributed by atoms with Crippen LogP contribution < -0.4 is 15.4 Å². The largest absolute Gasteiger partial charge is 0.514 e. The lowest BCUT2D eigenvalue weighted by atomic mass is 9.96. The zero-order valence-electron chi connectivity index (χ0n) is 26.3. The molecule has 4 aromatic rings. The van der Waals surface area contributed by atoms with Gasteiger partial charge < -0.3 is 24.7 Å². The van der Waals surface area contributed by atoms with E-state index in [0.29, 0.717) is 12.3 Å². The van der Waals surface area contributed by atoms with Gasteiger partial charge in [0.2, 0.25) is 0 Å². The zero-order chi connectivity index (χ0) is 31.1. The Hall–Kier alpha value is -4.33. The fraction of sp³-hybridized carbons (Fsp3) is 0.417. The summed E-state index contributed by atoms with van der Waals surface area (Å²) in [6.07, 6.45) is 7.87. The number of benzene rings is 3. The molecule has 1 aromatic heterocycles. The SMILES string of the molecule is CCCCc1nc2c(NC(=O)NC3CCCCC3)cccc2n1Cc1ccc(-c2ccccc2OC(=O)OC(C)(C)C)cc1. The molecule has 1 heterocycles. The number of aromatic nitrogens is 2. The number of anilines is 1. The molecular formula is C36H44N4O4. The zero-order valence-corrected chi connectivity index (χ0v) is 26.3. The topological polar surface area (TPSA) is 94.5 Å². The molecule has 0 bridgehead atoms. The number of nitrogens with one attached hydrogen (secondary N) is 2. The first-order chi connectivity index (χ1) is 21.2. The standard InChI is InChI=1S/C36H44N4O4/c1-5-6-19-32-39-33-29(38-34(41)37-27-13-8-7-9-14-27)16-12-17-30(33)40(32)24-25-20-22-26(23-21-25)28-15-10-11-18-31(28)43-35(42)44-36(2,3)4/h10-12,15-18,20-23,27H,5-9,13-14,19,24H2,1-4H3,(H2,37,38,41). The van der Waals surface area contributed by atoms with Crippen LogP contribution in [0.15, 0.2) is 66.7 Å². The molecular weight excluding hydrogens is 552 g/mol. The highest BCUT2D eigenvalue weighted by Gasteiger charge is 2.21. The number of unbranched alkanes of at least 4 members (excludes halogenated alkanes) is 1. The number of para-hydroxylation sites is 2. The molecule has 1 saturated carbocycles. The van der Waals surface area contributed by atoms with Gasteiger partial charge in [-0.15, -0.1) is 0 Å². The molecule has 8 heteroatoms. The number of nitrogens with zero attached hydrogens (tertiary/aromatic N) is 2. The number of rotatable bonds is 9. The van der Waals surface area contributed by atoms with E-state index in [2.05, 4.69) is 40.3 Å². The third-order valence-electron chi connectivity index (χ3n) is 7.88. The van der Waals surface area contributed by atoms with Crippen molar-refractivity contribution in [2.24, 2.45) is 0 Å². The second kappa shape index (κ2) is 14.0. The highest BCUT2D eigenvalue weighted by molar-refractivity contribution is 5.99. The summed E-state index contributed by atoms with van der Waals surface area (Å²) in [7, 11) is 0. The molecule has 3 aromatic carbocycles. The maximum absolute atomic E-state index is 12.9. The second-order valence-electron chi connectivity index (χ2n) is 12.6. The van der Waals surface area contributed by atoms with Crippen molar-refractivity contribution in [3.8, 4) is 16.9 Å². The van der Waals surface area contributed by atoms with E-state index in [9.17, 15) is 9.59 Å². The number of hydrogen-bond acceptors (Lipinski definition) is 5. The van der Waals surface area contributed by atoms with Crippen LogP contribution in [-0.2, 0) is 17.7 Å². The number of imidazole rings is 1. The van der Waals surface area contributed by atoms with Crippen molar-refractivity contribution in [1.82, 2.24) is 14.9 Å². The Kier molecular flexibility index (Phi) is 9.88. The first-order valence-electron chi connectivity index (χ1n) is 15.8. The summed E-state index contributed by atoms with van der Waals surface area (Å²) in [6.45, 7) is 8.25. The van der Waals surface area contributed by atoms with Crippen molar-refractivity contribution in [2.45, 2.75) is 97.2 Å². The van der Waals surface area contributed by atoms with Crippen LogP contribution in [0.4, 0.5) is 15.3 Å². The molecule has 0 atom stereocenters. The summed E-state index contributed by atoms with van der Waals surface area (Å²) in [5.41, 5.74) is 4.75. The van der Waals surface area contributed by atoms with Gasteiger partial charge in [-0.1, -0.05) is 81.1 Å². The quantitative estimate of drug-likeness (QED) is 0.149. The minimum absolute atomic E-state index is 0.166. The summed E-state index contributed by atoms with van der Waals surface area (Å²) >= 11 is 0. The number of ether oxygens (including phenoxy) is 2. The molecule has 0 unspecified atom stereocenters. The number of aryl methyl sites for hydroxylation is 1. The van der Waals surface area contributed by atoms with Crippen molar-refractivity contribution in [2.75, 3.05) is 5.32 Å². The lowest BCUT2D eigenvalue weighted by Gasteiger charge is -2.22. The van der Waals surface area contributed by atoms with Crippen LogP contribution in [0.3, 0.4) is 0 Å². The van der Waals surface area contributed by atoms with Gasteiger partial charge in [-0.05, 0) is 69.4 Å². The Labute approximate surface area is 260 Å². The Balaban J connectivity index is 1.36. The molecule has 1 aliphatic rings. The minimum Gasteiger partial charge on any atom is -0.428 e. The molecule has 1 aliphatic carbocycles. The number of carbonyl (C=O) groups excluding carboxylic acids is 2. The highest BCUT2D eigenvalue weighted by Crippen LogP contribution is 2.32. The Morgan fingerprint density at radius 3 is 2.43 bits per heavy atom. The molecule has 2 amide bonds. The van der Waals surface area contributed by atoms with Crippen molar-refractivity contribution in [1.29, 1.82) is 0 Å². The molecule has 0 aliphatic heterocycles. The molecule has 5 rings (SSSR count).